The van der Waals surface area contributed by atoms with Crippen LogP contribution in [-0.4, -0.2) is 34.9 Å². The zero-order valence-corrected chi connectivity index (χ0v) is 17.4. The Kier molecular flexibility index (Phi) is 7.45. The van der Waals surface area contributed by atoms with Crippen molar-refractivity contribution in [3.05, 3.63) is 64.7 Å². The van der Waals surface area contributed by atoms with Crippen molar-refractivity contribution < 1.29 is 0 Å². The fourth-order valence-electron chi connectivity index (χ4n) is 2.47. The minimum atomic E-state index is 0. The van der Waals surface area contributed by atoms with Crippen LogP contribution in [0.1, 0.15) is 10.7 Å². The first kappa shape index (κ1) is 19.5. The molecular weight excluding hydrogens is 445 g/mol. The van der Waals surface area contributed by atoms with Crippen molar-refractivity contribution in [3.8, 4) is 11.3 Å². The van der Waals surface area contributed by atoms with Gasteiger partial charge in [0.25, 0.3) is 0 Å². The molecule has 2 N–H and O–H groups in total. The molecule has 25 heavy (non-hydrogen) atoms. The Morgan fingerprint density at radius 1 is 1.24 bits per heavy atom. The van der Waals surface area contributed by atoms with E-state index in [2.05, 4.69) is 54.8 Å². The van der Waals surface area contributed by atoms with Gasteiger partial charge in [-0.2, -0.15) is 0 Å². The molecule has 3 rings (SSSR count). The summed E-state index contributed by atoms with van der Waals surface area (Å²) in [4.78, 5) is 15.5. The molecule has 2 heterocycles. The standard InChI is InChI=1S/C18H21N5S.HI/c1-19-18(21-11-15-9-6-10-24-15)23(2)13-17-20-12-16(22-17)14-7-4-3-5-8-14;/h3-10,12H,11,13H2,1-2H3,(H,19,21)(H,20,22);1H. The summed E-state index contributed by atoms with van der Waals surface area (Å²) < 4.78 is 0. The van der Waals surface area contributed by atoms with E-state index < -0.39 is 0 Å². The molecule has 0 fully saturated rings. The molecule has 2 aromatic heterocycles. The zero-order chi connectivity index (χ0) is 16.8. The van der Waals surface area contributed by atoms with Crippen LogP contribution in [0.3, 0.4) is 0 Å². The first-order chi connectivity index (χ1) is 11.8. The quantitative estimate of drug-likeness (QED) is 0.339. The van der Waals surface area contributed by atoms with Gasteiger partial charge in [0.15, 0.2) is 5.96 Å². The molecule has 0 atom stereocenters. The van der Waals surface area contributed by atoms with Gasteiger partial charge in [-0.3, -0.25) is 4.99 Å². The number of benzene rings is 1. The molecular formula is C18H22IN5S. The second-order valence-corrected chi connectivity index (χ2v) is 6.48. The lowest BCUT2D eigenvalue weighted by atomic mass is 10.2. The van der Waals surface area contributed by atoms with E-state index >= 15 is 0 Å². The second kappa shape index (κ2) is 9.57. The molecule has 3 aromatic rings. The molecule has 0 aliphatic heterocycles. The Morgan fingerprint density at radius 2 is 2.04 bits per heavy atom. The lowest BCUT2D eigenvalue weighted by Gasteiger charge is -2.20. The maximum atomic E-state index is 4.48. The fraction of sp³-hybridized carbons (Fsp3) is 0.222. The average molecular weight is 467 g/mol. The summed E-state index contributed by atoms with van der Waals surface area (Å²) in [6, 6.07) is 14.4. The third kappa shape index (κ3) is 5.30. The van der Waals surface area contributed by atoms with E-state index in [1.165, 1.54) is 4.88 Å². The maximum Gasteiger partial charge on any atom is 0.194 e. The van der Waals surface area contributed by atoms with Gasteiger partial charge in [0.05, 0.1) is 25.0 Å². The number of H-pyrrole nitrogens is 1. The van der Waals surface area contributed by atoms with Gasteiger partial charge >= 0.3 is 0 Å². The number of nitrogens with one attached hydrogen (secondary N) is 2. The number of aromatic nitrogens is 2. The van der Waals surface area contributed by atoms with Crippen LogP contribution in [0.5, 0.6) is 0 Å². The number of hydrogen-bond donors (Lipinski definition) is 2. The monoisotopic (exact) mass is 467 g/mol. The van der Waals surface area contributed by atoms with Crippen LogP contribution in [0.15, 0.2) is 59.0 Å². The molecule has 0 radical (unpaired) electrons. The third-order valence-corrected chi connectivity index (χ3v) is 4.55. The Hall–Kier alpha value is -1.87. The number of thiophene rings is 1. The molecule has 0 bridgehead atoms. The summed E-state index contributed by atoms with van der Waals surface area (Å²) in [5, 5.41) is 5.46. The summed E-state index contributed by atoms with van der Waals surface area (Å²) in [7, 11) is 3.80. The average Bonchev–Trinajstić information content (AvgIpc) is 3.28. The van der Waals surface area contributed by atoms with E-state index in [-0.39, 0.29) is 24.0 Å². The minimum absolute atomic E-state index is 0. The zero-order valence-electron chi connectivity index (χ0n) is 14.3. The molecule has 0 saturated heterocycles. The predicted octanol–water partition coefficient (Wildman–Crippen LogP) is 3.96. The Morgan fingerprint density at radius 3 is 2.72 bits per heavy atom. The van der Waals surface area contributed by atoms with Crippen molar-refractivity contribution in [1.29, 1.82) is 0 Å². The second-order valence-electron chi connectivity index (χ2n) is 5.45. The molecule has 132 valence electrons. The third-order valence-electron chi connectivity index (χ3n) is 3.67. The number of imidazole rings is 1. The molecule has 0 amide bonds. The Balaban J connectivity index is 0.00000225. The molecule has 0 aliphatic rings. The van der Waals surface area contributed by atoms with E-state index in [0.717, 1.165) is 29.6 Å². The number of aliphatic imine (C=N–C) groups is 1. The first-order valence-corrected chi connectivity index (χ1v) is 8.67. The van der Waals surface area contributed by atoms with Crippen molar-refractivity contribution >= 4 is 41.3 Å². The highest BCUT2D eigenvalue weighted by molar-refractivity contribution is 14.0. The SMILES string of the molecule is CN=C(NCc1cccs1)N(C)Cc1ncc(-c2ccccc2)[nH]1.I. The van der Waals surface area contributed by atoms with Crippen LogP contribution in [0.25, 0.3) is 11.3 Å². The van der Waals surface area contributed by atoms with Crippen LogP contribution < -0.4 is 5.32 Å². The molecule has 1 aromatic carbocycles. The lowest BCUT2D eigenvalue weighted by molar-refractivity contribution is 0.464. The van der Waals surface area contributed by atoms with Crippen LogP contribution >= 0.6 is 35.3 Å². The van der Waals surface area contributed by atoms with Gasteiger partial charge in [-0.25, -0.2) is 4.98 Å². The lowest BCUT2D eigenvalue weighted by Crippen LogP contribution is -2.38. The summed E-state index contributed by atoms with van der Waals surface area (Å²) in [6.07, 6.45) is 1.88. The number of hydrogen-bond acceptors (Lipinski definition) is 3. The van der Waals surface area contributed by atoms with Crippen molar-refractivity contribution in [2.45, 2.75) is 13.1 Å². The molecule has 0 saturated carbocycles. The van der Waals surface area contributed by atoms with Gasteiger partial charge in [-0.1, -0.05) is 36.4 Å². The number of aromatic amines is 1. The molecule has 0 aliphatic carbocycles. The van der Waals surface area contributed by atoms with Gasteiger partial charge in [0.2, 0.25) is 0 Å². The van der Waals surface area contributed by atoms with E-state index in [1.807, 2.05) is 31.4 Å². The predicted molar refractivity (Wildman–Crippen MR) is 115 cm³/mol. The summed E-state index contributed by atoms with van der Waals surface area (Å²) in [5.41, 5.74) is 2.17. The van der Waals surface area contributed by atoms with Gasteiger partial charge in [-0.05, 0) is 17.0 Å². The molecule has 0 unspecified atom stereocenters. The van der Waals surface area contributed by atoms with Crippen LogP contribution in [0.2, 0.25) is 0 Å². The number of nitrogens with zero attached hydrogens (tertiary/aromatic N) is 3. The number of guanidine groups is 1. The van der Waals surface area contributed by atoms with Crippen LogP contribution in [0.4, 0.5) is 0 Å². The maximum absolute atomic E-state index is 4.48. The highest BCUT2D eigenvalue weighted by Crippen LogP contribution is 2.16. The summed E-state index contributed by atoms with van der Waals surface area (Å²) >= 11 is 1.74. The Bertz CT molecular complexity index is 783. The van der Waals surface area contributed by atoms with Crippen molar-refractivity contribution in [3.63, 3.8) is 0 Å². The Labute approximate surface area is 169 Å². The molecule has 0 spiro atoms. The minimum Gasteiger partial charge on any atom is -0.351 e. The van der Waals surface area contributed by atoms with Crippen molar-refractivity contribution in [2.75, 3.05) is 14.1 Å². The van der Waals surface area contributed by atoms with Gasteiger partial charge in [0, 0.05) is 19.0 Å². The van der Waals surface area contributed by atoms with Crippen LogP contribution in [0, 0.1) is 0 Å². The largest absolute Gasteiger partial charge is 0.351 e. The van der Waals surface area contributed by atoms with E-state index in [4.69, 9.17) is 0 Å². The van der Waals surface area contributed by atoms with Gasteiger partial charge in [0.1, 0.15) is 5.82 Å². The molecule has 7 heteroatoms. The van der Waals surface area contributed by atoms with Gasteiger partial charge < -0.3 is 15.2 Å². The number of halogens is 1. The highest BCUT2D eigenvalue weighted by Gasteiger charge is 2.10. The fourth-order valence-corrected chi connectivity index (χ4v) is 3.12. The van der Waals surface area contributed by atoms with Crippen molar-refractivity contribution in [2.24, 2.45) is 4.99 Å². The topological polar surface area (TPSA) is 56.3 Å². The van der Waals surface area contributed by atoms with E-state index in [9.17, 15) is 0 Å². The number of rotatable bonds is 5. The van der Waals surface area contributed by atoms with Crippen molar-refractivity contribution in [1.82, 2.24) is 20.2 Å². The smallest absolute Gasteiger partial charge is 0.194 e. The summed E-state index contributed by atoms with van der Waals surface area (Å²) in [6.45, 7) is 1.44. The molecule has 5 nitrogen and oxygen atoms in total. The first-order valence-electron chi connectivity index (χ1n) is 7.79. The highest BCUT2D eigenvalue weighted by atomic mass is 127. The summed E-state index contributed by atoms with van der Waals surface area (Å²) in [5.74, 6) is 1.76. The van der Waals surface area contributed by atoms with E-state index in [0.29, 0.717) is 6.54 Å². The van der Waals surface area contributed by atoms with Crippen LogP contribution in [-0.2, 0) is 13.1 Å². The normalized spacial score (nSPS) is 11.0. The van der Waals surface area contributed by atoms with E-state index in [1.54, 1.807) is 18.4 Å². The van der Waals surface area contributed by atoms with Gasteiger partial charge in [-0.15, -0.1) is 35.3 Å².